The Morgan fingerprint density at radius 2 is 2.05 bits per heavy atom. The van der Waals surface area contributed by atoms with Crippen LogP contribution in [0.2, 0.25) is 0 Å². The molecule has 0 fully saturated rings. The number of non-ortho nitro benzene ring substituents is 1. The summed E-state index contributed by atoms with van der Waals surface area (Å²) in [6.45, 7) is -0.192. The lowest BCUT2D eigenvalue weighted by atomic mass is 10.1. The summed E-state index contributed by atoms with van der Waals surface area (Å²) < 4.78 is 19.0. The maximum absolute atomic E-state index is 13.8. The van der Waals surface area contributed by atoms with Gasteiger partial charge in [-0.15, -0.1) is 0 Å². The molecule has 0 saturated carbocycles. The Hall–Kier alpha value is -2.96. The Morgan fingerprint density at radius 1 is 1.27 bits per heavy atom. The van der Waals surface area contributed by atoms with Crippen LogP contribution in [0.1, 0.15) is 5.56 Å². The summed E-state index contributed by atoms with van der Waals surface area (Å²) in [6.07, 6.45) is 0. The third kappa shape index (κ3) is 2.48. The molecule has 6 nitrogen and oxygen atoms in total. The number of nitro benzene ring substituents is 1. The standard InChI is InChI=1S/C15H11FN2O4/c16-12-4-2-1-3-10(12)8-17-13-6-5-11(18(20)21)7-14(13)22-9-15(17)19/h1-7H,8-9H2. The minimum absolute atomic E-state index is 0.0413. The molecule has 0 N–H and O–H groups in total. The highest BCUT2D eigenvalue weighted by Crippen LogP contribution is 2.36. The molecule has 22 heavy (non-hydrogen) atoms. The first-order valence-corrected chi connectivity index (χ1v) is 6.51. The van der Waals surface area contributed by atoms with Gasteiger partial charge in [0, 0.05) is 11.6 Å². The van der Waals surface area contributed by atoms with Crippen LogP contribution in [-0.4, -0.2) is 17.4 Å². The number of anilines is 1. The van der Waals surface area contributed by atoms with Crippen LogP contribution in [0, 0.1) is 15.9 Å². The van der Waals surface area contributed by atoms with Crippen molar-refractivity contribution >= 4 is 17.3 Å². The lowest BCUT2D eigenvalue weighted by Crippen LogP contribution is -2.38. The number of benzene rings is 2. The third-order valence-corrected chi connectivity index (χ3v) is 3.38. The van der Waals surface area contributed by atoms with Gasteiger partial charge in [-0.1, -0.05) is 18.2 Å². The van der Waals surface area contributed by atoms with E-state index in [1.807, 2.05) is 0 Å². The lowest BCUT2D eigenvalue weighted by Gasteiger charge is -2.29. The Kier molecular flexibility index (Phi) is 3.46. The highest BCUT2D eigenvalue weighted by molar-refractivity contribution is 5.98. The van der Waals surface area contributed by atoms with Crippen molar-refractivity contribution in [1.82, 2.24) is 0 Å². The van der Waals surface area contributed by atoms with Crippen LogP contribution in [0.4, 0.5) is 15.8 Å². The van der Waals surface area contributed by atoms with Gasteiger partial charge >= 0.3 is 0 Å². The van der Waals surface area contributed by atoms with E-state index in [4.69, 9.17) is 4.74 Å². The number of hydrogen-bond donors (Lipinski definition) is 0. The molecule has 1 aliphatic rings. The molecule has 0 aliphatic carbocycles. The van der Waals surface area contributed by atoms with Gasteiger partial charge in [0.1, 0.15) is 5.82 Å². The minimum Gasteiger partial charge on any atom is -0.481 e. The number of halogens is 1. The molecule has 0 bridgehead atoms. The number of nitro groups is 1. The fourth-order valence-corrected chi connectivity index (χ4v) is 2.28. The number of carbonyl (C=O) groups is 1. The van der Waals surface area contributed by atoms with Crippen molar-refractivity contribution in [2.75, 3.05) is 11.5 Å². The summed E-state index contributed by atoms with van der Waals surface area (Å²) in [4.78, 5) is 23.6. The van der Waals surface area contributed by atoms with Gasteiger partial charge in [-0.2, -0.15) is 0 Å². The topological polar surface area (TPSA) is 72.7 Å². The molecule has 112 valence electrons. The van der Waals surface area contributed by atoms with Crippen LogP contribution in [0.3, 0.4) is 0 Å². The zero-order valence-corrected chi connectivity index (χ0v) is 11.4. The molecule has 7 heteroatoms. The van der Waals surface area contributed by atoms with E-state index in [-0.39, 0.29) is 30.5 Å². The predicted octanol–water partition coefficient (Wildman–Crippen LogP) is 2.66. The maximum atomic E-state index is 13.8. The maximum Gasteiger partial charge on any atom is 0.273 e. The molecule has 0 radical (unpaired) electrons. The Labute approximate surface area is 124 Å². The molecule has 2 aromatic carbocycles. The molecule has 0 saturated heterocycles. The van der Waals surface area contributed by atoms with Crippen molar-refractivity contribution < 1.29 is 18.8 Å². The van der Waals surface area contributed by atoms with E-state index in [0.717, 1.165) is 0 Å². The number of fused-ring (bicyclic) bond motifs is 1. The molecule has 3 rings (SSSR count). The van der Waals surface area contributed by atoms with Crippen LogP contribution in [-0.2, 0) is 11.3 Å². The van der Waals surface area contributed by atoms with Gasteiger partial charge in [-0.25, -0.2) is 4.39 Å². The van der Waals surface area contributed by atoms with E-state index >= 15 is 0 Å². The molecule has 0 aromatic heterocycles. The zero-order valence-electron chi connectivity index (χ0n) is 11.4. The molecule has 2 aromatic rings. The molecule has 0 atom stereocenters. The number of nitrogens with zero attached hydrogens (tertiary/aromatic N) is 2. The van der Waals surface area contributed by atoms with Gasteiger partial charge in [-0.05, 0) is 12.1 Å². The minimum atomic E-state index is -0.540. The SMILES string of the molecule is O=C1COc2cc([N+](=O)[O-])ccc2N1Cc1ccccc1F. The van der Waals surface area contributed by atoms with Gasteiger partial charge in [0.15, 0.2) is 12.4 Å². The molecular formula is C15H11FN2O4. The van der Waals surface area contributed by atoms with Gasteiger partial charge in [0.2, 0.25) is 0 Å². The monoisotopic (exact) mass is 302 g/mol. The van der Waals surface area contributed by atoms with Crippen LogP contribution in [0.15, 0.2) is 42.5 Å². The number of carbonyl (C=O) groups excluding carboxylic acids is 1. The summed E-state index contributed by atoms with van der Waals surface area (Å²) in [7, 11) is 0. The second-order valence-corrected chi connectivity index (χ2v) is 4.77. The molecule has 1 aliphatic heterocycles. The molecule has 1 amide bonds. The summed E-state index contributed by atoms with van der Waals surface area (Å²) in [6, 6.07) is 10.1. The van der Waals surface area contributed by atoms with Crippen LogP contribution in [0.5, 0.6) is 5.75 Å². The van der Waals surface area contributed by atoms with Gasteiger partial charge in [-0.3, -0.25) is 14.9 Å². The second kappa shape index (κ2) is 5.44. The highest BCUT2D eigenvalue weighted by Gasteiger charge is 2.27. The lowest BCUT2D eigenvalue weighted by molar-refractivity contribution is -0.384. The number of ether oxygens (including phenoxy) is 1. The molecule has 0 spiro atoms. The summed E-state index contributed by atoms with van der Waals surface area (Å²) in [5.41, 5.74) is 0.631. The quantitative estimate of drug-likeness (QED) is 0.645. The van der Waals surface area contributed by atoms with E-state index in [2.05, 4.69) is 0 Å². The Morgan fingerprint density at radius 3 is 2.77 bits per heavy atom. The third-order valence-electron chi connectivity index (χ3n) is 3.38. The second-order valence-electron chi connectivity index (χ2n) is 4.77. The van der Waals surface area contributed by atoms with Crippen molar-refractivity contribution in [1.29, 1.82) is 0 Å². The first-order valence-electron chi connectivity index (χ1n) is 6.51. The zero-order chi connectivity index (χ0) is 15.7. The van der Waals surface area contributed by atoms with E-state index < -0.39 is 10.7 Å². The van der Waals surface area contributed by atoms with E-state index in [1.54, 1.807) is 18.2 Å². The summed E-state index contributed by atoms with van der Waals surface area (Å²) in [5, 5.41) is 10.8. The fraction of sp³-hybridized carbons (Fsp3) is 0.133. The molecule has 1 heterocycles. The van der Waals surface area contributed by atoms with Crippen molar-refractivity contribution in [3.05, 3.63) is 64.0 Å². The fourth-order valence-electron chi connectivity index (χ4n) is 2.28. The first-order chi connectivity index (χ1) is 10.6. The largest absolute Gasteiger partial charge is 0.481 e. The summed E-state index contributed by atoms with van der Waals surface area (Å²) >= 11 is 0. The summed E-state index contributed by atoms with van der Waals surface area (Å²) in [5.74, 6) is -0.500. The van der Waals surface area contributed by atoms with Gasteiger partial charge < -0.3 is 9.64 Å². The van der Waals surface area contributed by atoms with E-state index in [1.165, 1.54) is 29.2 Å². The number of hydrogen-bond acceptors (Lipinski definition) is 4. The van der Waals surface area contributed by atoms with Crippen molar-refractivity contribution in [2.45, 2.75) is 6.54 Å². The van der Waals surface area contributed by atoms with Gasteiger partial charge in [0.25, 0.3) is 11.6 Å². The van der Waals surface area contributed by atoms with Crippen LogP contribution < -0.4 is 9.64 Å². The van der Waals surface area contributed by atoms with Gasteiger partial charge in [0.05, 0.1) is 23.2 Å². The number of rotatable bonds is 3. The normalized spacial score (nSPS) is 13.5. The number of amides is 1. The smallest absolute Gasteiger partial charge is 0.273 e. The van der Waals surface area contributed by atoms with E-state index in [0.29, 0.717) is 11.3 Å². The average molecular weight is 302 g/mol. The van der Waals surface area contributed by atoms with Crippen molar-refractivity contribution in [3.63, 3.8) is 0 Å². The van der Waals surface area contributed by atoms with Crippen molar-refractivity contribution in [2.24, 2.45) is 0 Å². The predicted molar refractivity (Wildman–Crippen MR) is 76.2 cm³/mol. The highest BCUT2D eigenvalue weighted by atomic mass is 19.1. The average Bonchev–Trinajstić information content (AvgIpc) is 2.51. The van der Waals surface area contributed by atoms with Crippen LogP contribution in [0.25, 0.3) is 0 Å². The molecule has 0 unspecified atom stereocenters. The van der Waals surface area contributed by atoms with Crippen LogP contribution >= 0.6 is 0 Å². The Bertz CT molecular complexity index is 763. The Balaban J connectivity index is 1.97. The van der Waals surface area contributed by atoms with Crippen molar-refractivity contribution in [3.8, 4) is 5.75 Å². The first kappa shape index (κ1) is 14.0. The molecular weight excluding hydrogens is 291 g/mol. The van der Waals surface area contributed by atoms with E-state index in [9.17, 15) is 19.3 Å².